The molecular formula is C42H78NO10P. The Hall–Kier alpha value is -2.04. The molecule has 0 bridgehead atoms. The number of rotatable bonds is 40. The highest BCUT2D eigenvalue weighted by atomic mass is 31.2. The molecule has 0 saturated carbocycles. The third-order valence-electron chi connectivity index (χ3n) is 9.22. The van der Waals surface area contributed by atoms with Crippen LogP contribution in [-0.4, -0.2) is 59.9 Å². The second-order valence-electron chi connectivity index (χ2n) is 14.5. The fraction of sp³-hybridized carbons (Fsp3) is 0.833. The Morgan fingerprint density at radius 1 is 0.574 bits per heavy atom. The molecule has 12 heteroatoms. The van der Waals surface area contributed by atoms with Crippen LogP contribution >= 0.6 is 7.82 Å². The highest BCUT2D eigenvalue weighted by Gasteiger charge is 2.28. The van der Waals surface area contributed by atoms with E-state index in [4.69, 9.17) is 24.8 Å². The van der Waals surface area contributed by atoms with Gasteiger partial charge in [-0.1, -0.05) is 173 Å². The minimum atomic E-state index is -4.72. The van der Waals surface area contributed by atoms with Gasteiger partial charge in [-0.15, -0.1) is 0 Å². The number of phosphoric ester groups is 1. The normalized spacial score (nSPS) is 14.0. The van der Waals surface area contributed by atoms with Crippen molar-refractivity contribution < 1.29 is 47.5 Å². The maximum Gasteiger partial charge on any atom is 0.472 e. The largest absolute Gasteiger partial charge is 0.480 e. The molecule has 0 spiro atoms. The number of carbonyl (C=O) groups is 3. The molecule has 0 aromatic carbocycles. The van der Waals surface area contributed by atoms with Gasteiger partial charge in [0.05, 0.1) is 13.2 Å². The van der Waals surface area contributed by atoms with Crippen molar-refractivity contribution in [2.75, 3.05) is 19.8 Å². The minimum absolute atomic E-state index is 0.0580. The van der Waals surface area contributed by atoms with E-state index in [2.05, 4.69) is 30.5 Å². The van der Waals surface area contributed by atoms with Crippen LogP contribution in [0, 0.1) is 0 Å². The number of phosphoric acid groups is 1. The zero-order valence-corrected chi connectivity index (χ0v) is 35.0. The van der Waals surface area contributed by atoms with Crippen LogP contribution in [0.15, 0.2) is 24.3 Å². The molecule has 2 unspecified atom stereocenters. The van der Waals surface area contributed by atoms with E-state index in [-0.39, 0.29) is 19.4 Å². The van der Waals surface area contributed by atoms with Crippen molar-refractivity contribution in [2.24, 2.45) is 5.73 Å². The van der Waals surface area contributed by atoms with Crippen molar-refractivity contribution in [3.63, 3.8) is 0 Å². The summed E-state index contributed by atoms with van der Waals surface area (Å²) >= 11 is 0. The zero-order valence-electron chi connectivity index (χ0n) is 34.1. The summed E-state index contributed by atoms with van der Waals surface area (Å²) in [7, 11) is -4.72. The summed E-state index contributed by atoms with van der Waals surface area (Å²) in [5.74, 6) is -2.45. The summed E-state index contributed by atoms with van der Waals surface area (Å²) in [4.78, 5) is 45.8. The lowest BCUT2D eigenvalue weighted by atomic mass is 10.0. The lowest BCUT2D eigenvalue weighted by Gasteiger charge is -2.20. The zero-order chi connectivity index (χ0) is 40.0. The van der Waals surface area contributed by atoms with Gasteiger partial charge >= 0.3 is 25.7 Å². The average molecular weight is 788 g/mol. The van der Waals surface area contributed by atoms with Gasteiger partial charge in [-0.25, -0.2) is 4.57 Å². The number of esters is 2. The first kappa shape index (κ1) is 52.0. The van der Waals surface area contributed by atoms with E-state index in [1.54, 1.807) is 0 Å². The van der Waals surface area contributed by atoms with Crippen molar-refractivity contribution in [2.45, 2.75) is 206 Å². The number of hydrogen-bond acceptors (Lipinski definition) is 9. The number of aliphatic carboxylic acids is 1. The summed E-state index contributed by atoms with van der Waals surface area (Å²) < 4.78 is 32.6. The van der Waals surface area contributed by atoms with Crippen LogP contribution in [-0.2, 0) is 37.5 Å². The van der Waals surface area contributed by atoms with E-state index in [0.717, 1.165) is 32.1 Å². The van der Waals surface area contributed by atoms with Gasteiger partial charge in [0.1, 0.15) is 12.6 Å². The standard InChI is InChI=1S/C42H78NO10P/c1-3-5-7-9-11-13-15-17-18-19-20-22-23-25-27-29-31-33-40(44)50-35-38(36-51-54(48,49)52-37-39(43)42(46)47)53-41(45)34-32-30-28-26-24-21-16-14-12-10-8-6-4-2/h21,24,28,30,38-39H,3-20,22-23,25-27,29,31-37,43H2,1-2H3,(H,46,47)(H,48,49)/b24-21+,30-28+/t38?,39-/m0/s1. The molecular weight excluding hydrogens is 709 g/mol. The Morgan fingerprint density at radius 3 is 1.52 bits per heavy atom. The summed E-state index contributed by atoms with van der Waals surface area (Å²) in [5, 5.41) is 8.87. The molecule has 4 N–H and O–H groups in total. The molecule has 0 saturated heterocycles. The summed E-state index contributed by atoms with van der Waals surface area (Å²) in [6.45, 7) is 2.74. The molecule has 0 aromatic heterocycles. The van der Waals surface area contributed by atoms with E-state index in [1.165, 1.54) is 122 Å². The molecule has 54 heavy (non-hydrogen) atoms. The number of allylic oxidation sites excluding steroid dienone is 4. The summed E-state index contributed by atoms with van der Waals surface area (Å²) in [6.07, 6.45) is 38.3. The van der Waals surface area contributed by atoms with Gasteiger partial charge in [0, 0.05) is 12.8 Å². The molecule has 0 radical (unpaired) electrons. The van der Waals surface area contributed by atoms with Gasteiger partial charge in [0.15, 0.2) is 6.10 Å². The van der Waals surface area contributed by atoms with Crippen LogP contribution in [0.1, 0.15) is 194 Å². The lowest BCUT2D eigenvalue weighted by Crippen LogP contribution is -2.34. The van der Waals surface area contributed by atoms with Gasteiger partial charge in [0.2, 0.25) is 0 Å². The number of unbranched alkanes of at least 4 members (excludes halogenated alkanes) is 22. The number of carboxylic acids is 1. The Kier molecular flexibility index (Phi) is 36.4. The topological polar surface area (TPSA) is 172 Å². The molecule has 11 nitrogen and oxygen atoms in total. The lowest BCUT2D eigenvalue weighted by molar-refractivity contribution is -0.161. The predicted molar refractivity (Wildman–Crippen MR) is 217 cm³/mol. The monoisotopic (exact) mass is 788 g/mol. The number of hydrogen-bond donors (Lipinski definition) is 3. The first-order valence-corrected chi connectivity index (χ1v) is 22.9. The molecule has 0 fully saturated rings. The first-order valence-electron chi connectivity index (χ1n) is 21.4. The average Bonchev–Trinajstić information content (AvgIpc) is 3.14. The fourth-order valence-electron chi connectivity index (χ4n) is 5.82. The van der Waals surface area contributed by atoms with Gasteiger partial charge < -0.3 is 25.2 Å². The molecule has 0 amide bonds. The first-order chi connectivity index (χ1) is 26.1. The van der Waals surface area contributed by atoms with Crippen molar-refractivity contribution in [3.05, 3.63) is 24.3 Å². The van der Waals surface area contributed by atoms with Crippen LogP contribution in [0.3, 0.4) is 0 Å². The highest BCUT2D eigenvalue weighted by Crippen LogP contribution is 2.43. The number of ether oxygens (including phenoxy) is 2. The van der Waals surface area contributed by atoms with Crippen LogP contribution in [0.2, 0.25) is 0 Å². The van der Waals surface area contributed by atoms with Crippen LogP contribution in [0.4, 0.5) is 0 Å². The Bertz CT molecular complexity index is 1020. The van der Waals surface area contributed by atoms with Crippen molar-refractivity contribution in [3.8, 4) is 0 Å². The van der Waals surface area contributed by atoms with E-state index in [1.807, 2.05) is 12.2 Å². The Balaban J connectivity index is 4.39. The molecule has 0 aliphatic rings. The maximum absolute atomic E-state index is 12.5. The van der Waals surface area contributed by atoms with E-state index < -0.39 is 51.1 Å². The van der Waals surface area contributed by atoms with Gasteiger partial charge in [-0.3, -0.25) is 23.4 Å². The Morgan fingerprint density at radius 2 is 1.02 bits per heavy atom. The third-order valence-corrected chi connectivity index (χ3v) is 10.2. The number of nitrogens with two attached hydrogens (primary N) is 1. The van der Waals surface area contributed by atoms with Crippen LogP contribution in [0.25, 0.3) is 0 Å². The molecule has 0 aliphatic heterocycles. The molecule has 0 rings (SSSR count). The number of carboxylic acid groups (broad SMARTS) is 1. The third kappa shape index (κ3) is 36.9. The quantitative estimate of drug-likeness (QED) is 0.0233. The summed E-state index contributed by atoms with van der Waals surface area (Å²) in [6, 6.07) is -1.53. The fourth-order valence-corrected chi connectivity index (χ4v) is 6.60. The highest BCUT2D eigenvalue weighted by molar-refractivity contribution is 7.47. The van der Waals surface area contributed by atoms with Crippen molar-refractivity contribution in [1.82, 2.24) is 0 Å². The van der Waals surface area contributed by atoms with Gasteiger partial charge in [0.25, 0.3) is 0 Å². The molecule has 0 heterocycles. The molecule has 0 aliphatic carbocycles. The Labute approximate surface area is 328 Å². The predicted octanol–water partition coefficient (Wildman–Crippen LogP) is 11.1. The van der Waals surface area contributed by atoms with Crippen LogP contribution in [0.5, 0.6) is 0 Å². The van der Waals surface area contributed by atoms with E-state index in [0.29, 0.717) is 12.8 Å². The number of carbonyl (C=O) groups excluding carboxylic acids is 2. The van der Waals surface area contributed by atoms with Crippen molar-refractivity contribution >= 4 is 25.7 Å². The minimum Gasteiger partial charge on any atom is -0.480 e. The van der Waals surface area contributed by atoms with Gasteiger partial charge in [-0.05, 0) is 32.1 Å². The summed E-state index contributed by atoms with van der Waals surface area (Å²) in [5.41, 5.74) is 5.32. The van der Waals surface area contributed by atoms with Crippen LogP contribution < -0.4 is 5.73 Å². The second kappa shape index (κ2) is 37.9. The second-order valence-corrected chi connectivity index (χ2v) is 15.9. The maximum atomic E-state index is 12.5. The van der Waals surface area contributed by atoms with Crippen molar-refractivity contribution in [1.29, 1.82) is 0 Å². The van der Waals surface area contributed by atoms with Gasteiger partial charge in [-0.2, -0.15) is 0 Å². The molecule has 316 valence electrons. The molecule has 3 atom stereocenters. The SMILES string of the molecule is CCCCCCCC/C=C/C/C=C/CCC(=O)OC(COC(=O)CCCCCCCCCCCCCCCCCCC)COP(=O)(O)OC[C@H](N)C(=O)O. The smallest absolute Gasteiger partial charge is 0.472 e. The van der Waals surface area contributed by atoms with E-state index >= 15 is 0 Å². The molecule has 0 aromatic rings. The van der Waals surface area contributed by atoms with E-state index in [9.17, 15) is 23.8 Å².